The number of hydrogen-bond donors (Lipinski definition) is 2. The second-order valence-corrected chi connectivity index (χ2v) is 4.90. The smallest absolute Gasteiger partial charge is 0.203 e. The van der Waals surface area contributed by atoms with E-state index in [2.05, 4.69) is 0 Å². The summed E-state index contributed by atoms with van der Waals surface area (Å²) in [4.78, 5) is 0. The van der Waals surface area contributed by atoms with Crippen molar-refractivity contribution in [3.05, 3.63) is 17.7 Å². The monoisotopic (exact) mass is 253 g/mol. The molecule has 1 aliphatic rings. The number of rotatable bonds is 2. The summed E-state index contributed by atoms with van der Waals surface area (Å²) in [5.41, 5.74) is 5.94. The molecule has 0 fully saturated rings. The van der Waals surface area contributed by atoms with E-state index in [1.54, 1.807) is 19.2 Å². The minimum atomic E-state index is -0.788. The van der Waals surface area contributed by atoms with E-state index in [9.17, 15) is 5.11 Å². The van der Waals surface area contributed by atoms with Gasteiger partial charge in [0.15, 0.2) is 11.5 Å². The first-order chi connectivity index (χ1) is 8.42. The van der Waals surface area contributed by atoms with E-state index < -0.39 is 17.7 Å². The quantitative estimate of drug-likeness (QED) is 0.829. The van der Waals surface area contributed by atoms with Crippen molar-refractivity contribution < 1.29 is 19.3 Å². The Labute approximate surface area is 106 Å². The van der Waals surface area contributed by atoms with Crippen LogP contribution >= 0.6 is 0 Å². The maximum atomic E-state index is 10.2. The van der Waals surface area contributed by atoms with Gasteiger partial charge in [-0.15, -0.1) is 0 Å². The van der Waals surface area contributed by atoms with Crippen LogP contribution in [0.1, 0.15) is 25.5 Å². The first-order valence-electron chi connectivity index (χ1n) is 5.80. The van der Waals surface area contributed by atoms with Crippen LogP contribution in [0.4, 0.5) is 0 Å². The van der Waals surface area contributed by atoms with Gasteiger partial charge in [0.1, 0.15) is 11.7 Å². The molecule has 1 heterocycles. The Morgan fingerprint density at radius 2 is 1.94 bits per heavy atom. The lowest BCUT2D eigenvalue weighted by molar-refractivity contribution is -0.0138. The van der Waals surface area contributed by atoms with Crippen molar-refractivity contribution in [2.45, 2.75) is 31.6 Å². The molecule has 2 unspecified atom stereocenters. The highest BCUT2D eigenvalue weighted by Gasteiger charge is 2.42. The van der Waals surface area contributed by atoms with Crippen molar-refractivity contribution in [2.75, 3.05) is 14.2 Å². The van der Waals surface area contributed by atoms with Gasteiger partial charge in [-0.25, -0.2) is 0 Å². The van der Waals surface area contributed by atoms with Crippen molar-refractivity contribution in [2.24, 2.45) is 5.73 Å². The number of aliphatic hydroxyl groups is 1. The lowest BCUT2D eigenvalue weighted by Crippen LogP contribution is -2.54. The topological polar surface area (TPSA) is 73.9 Å². The summed E-state index contributed by atoms with van der Waals surface area (Å²) in [6.07, 6.45) is -0.788. The van der Waals surface area contributed by atoms with Gasteiger partial charge in [0.2, 0.25) is 5.75 Å². The van der Waals surface area contributed by atoms with E-state index in [-0.39, 0.29) is 0 Å². The maximum absolute atomic E-state index is 10.2. The lowest BCUT2D eigenvalue weighted by Gasteiger charge is -2.41. The van der Waals surface area contributed by atoms with Crippen LogP contribution in [0.2, 0.25) is 0 Å². The van der Waals surface area contributed by atoms with Crippen LogP contribution in [0.5, 0.6) is 17.2 Å². The van der Waals surface area contributed by atoms with E-state index in [1.807, 2.05) is 13.8 Å². The minimum Gasteiger partial charge on any atom is -0.493 e. The molecule has 5 heteroatoms. The Morgan fingerprint density at radius 1 is 1.28 bits per heavy atom. The van der Waals surface area contributed by atoms with E-state index in [0.29, 0.717) is 22.8 Å². The van der Waals surface area contributed by atoms with Crippen LogP contribution in [-0.2, 0) is 0 Å². The molecule has 1 aromatic rings. The van der Waals surface area contributed by atoms with E-state index in [0.717, 1.165) is 0 Å². The molecule has 1 aliphatic heterocycles. The van der Waals surface area contributed by atoms with Gasteiger partial charge < -0.3 is 25.1 Å². The van der Waals surface area contributed by atoms with E-state index in [4.69, 9.17) is 19.9 Å². The molecular weight excluding hydrogens is 234 g/mol. The van der Waals surface area contributed by atoms with Crippen molar-refractivity contribution in [3.63, 3.8) is 0 Å². The fourth-order valence-corrected chi connectivity index (χ4v) is 2.16. The zero-order chi connectivity index (χ0) is 13.5. The summed E-state index contributed by atoms with van der Waals surface area (Å²) in [7, 11) is 3.09. The molecule has 0 bridgehead atoms. The second-order valence-electron chi connectivity index (χ2n) is 4.90. The molecular formula is C13H19NO4. The van der Waals surface area contributed by atoms with Gasteiger partial charge in [0.05, 0.1) is 20.3 Å². The fraction of sp³-hybridized carbons (Fsp3) is 0.538. The highest BCUT2D eigenvalue weighted by molar-refractivity contribution is 5.58. The van der Waals surface area contributed by atoms with Crippen LogP contribution in [0.25, 0.3) is 0 Å². The van der Waals surface area contributed by atoms with Gasteiger partial charge in [0, 0.05) is 5.56 Å². The predicted octanol–water partition coefficient (Wildman–Crippen LogP) is 1.24. The summed E-state index contributed by atoms with van der Waals surface area (Å²) in [5, 5.41) is 10.2. The van der Waals surface area contributed by atoms with Crippen molar-refractivity contribution in [1.29, 1.82) is 0 Å². The van der Waals surface area contributed by atoms with Crippen molar-refractivity contribution >= 4 is 0 Å². The molecule has 0 radical (unpaired) electrons. The predicted molar refractivity (Wildman–Crippen MR) is 67.2 cm³/mol. The largest absolute Gasteiger partial charge is 0.493 e. The first-order valence-corrected chi connectivity index (χ1v) is 5.80. The highest BCUT2D eigenvalue weighted by Crippen LogP contribution is 2.48. The normalized spacial score (nSPS) is 25.0. The number of fused-ring (bicyclic) bond motifs is 1. The molecule has 0 amide bonds. The van der Waals surface area contributed by atoms with Crippen molar-refractivity contribution in [1.82, 2.24) is 0 Å². The molecule has 0 aliphatic carbocycles. The number of hydrogen-bond acceptors (Lipinski definition) is 5. The summed E-state index contributed by atoms with van der Waals surface area (Å²) in [6, 6.07) is 2.98. The van der Waals surface area contributed by atoms with Crippen LogP contribution in [0, 0.1) is 0 Å². The van der Waals surface area contributed by atoms with Gasteiger partial charge in [-0.2, -0.15) is 0 Å². The molecule has 2 atom stereocenters. The minimum absolute atomic E-state index is 0.481. The first kappa shape index (κ1) is 13.0. The van der Waals surface area contributed by atoms with Gasteiger partial charge in [-0.05, 0) is 26.0 Å². The number of ether oxygens (including phenoxy) is 3. The highest BCUT2D eigenvalue weighted by atomic mass is 16.5. The molecule has 1 aromatic carbocycles. The van der Waals surface area contributed by atoms with Gasteiger partial charge in [-0.1, -0.05) is 0 Å². The van der Waals surface area contributed by atoms with Crippen LogP contribution in [-0.4, -0.2) is 31.0 Å². The molecule has 3 N–H and O–H groups in total. The summed E-state index contributed by atoms with van der Waals surface area (Å²) in [6.45, 7) is 3.67. The zero-order valence-electron chi connectivity index (χ0n) is 11.1. The number of methoxy groups -OCH3 is 2. The number of nitrogens with two attached hydrogens (primary N) is 1. The average molecular weight is 253 g/mol. The van der Waals surface area contributed by atoms with Gasteiger partial charge in [0.25, 0.3) is 0 Å². The number of benzene rings is 1. The molecule has 0 aromatic heterocycles. The molecule has 2 rings (SSSR count). The zero-order valence-corrected chi connectivity index (χ0v) is 11.1. The molecule has 0 saturated heterocycles. The Morgan fingerprint density at radius 3 is 2.50 bits per heavy atom. The van der Waals surface area contributed by atoms with Gasteiger partial charge >= 0.3 is 0 Å². The Balaban J connectivity index is 2.60. The maximum Gasteiger partial charge on any atom is 0.203 e. The Kier molecular flexibility index (Phi) is 3.12. The van der Waals surface area contributed by atoms with Crippen LogP contribution in [0.3, 0.4) is 0 Å². The molecule has 18 heavy (non-hydrogen) atoms. The number of aliphatic hydroxyl groups excluding tert-OH is 1. The van der Waals surface area contributed by atoms with Crippen molar-refractivity contribution in [3.8, 4) is 17.2 Å². The molecule has 100 valence electrons. The Hall–Kier alpha value is -1.46. The Bertz CT molecular complexity index is 459. The van der Waals surface area contributed by atoms with E-state index >= 15 is 0 Å². The third-order valence-corrected chi connectivity index (χ3v) is 3.36. The third-order valence-electron chi connectivity index (χ3n) is 3.36. The van der Waals surface area contributed by atoms with Gasteiger partial charge in [-0.3, -0.25) is 0 Å². The third kappa shape index (κ3) is 1.79. The average Bonchev–Trinajstić information content (AvgIpc) is 2.34. The SMILES string of the molecule is COc1ccc2c(c1OC)OC(C)(C)C(N)C2O. The molecule has 0 saturated carbocycles. The standard InChI is InChI=1S/C13H19NO4/c1-13(2)12(14)9(15)7-5-6-8(16-3)11(17-4)10(7)18-13/h5-6,9,12,15H,14H2,1-4H3. The van der Waals surface area contributed by atoms with E-state index in [1.165, 1.54) is 7.11 Å². The lowest BCUT2D eigenvalue weighted by atomic mass is 9.86. The summed E-state index contributed by atoms with van der Waals surface area (Å²) < 4.78 is 16.4. The van der Waals surface area contributed by atoms with Crippen LogP contribution in [0.15, 0.2) is 12.1 Å². The molecule has 5 nitrogen and oxygen atoms in total. The summed E-state index contributed by atoms with van der Waals surface area (Å²) >= 11 is 0. The summed E-state index contributed by atoms with van der Waals surface area (Å²) in [5.74, 6) is 1.54. The fourth-order valence-electron chi connectivity index (χ4n) is 2.16. The molecule has 0 spiro atoms. The second kappa shape index (κ2) is 4.33. The van der Waals surface area contributed by atoms with Crippen LogP contribution < -0.4 is 19.9 Å².